The molecule has 0 aliphatic heterocycles. The van der Waals surface area contributed by atoms with Gasteiger partial charge < -0.3 is 5.32 Å². The molecule has 1 aromatic carbocycles. The van der Waals surface area contributed by atoms with E-state index in [9.17, 15) is 14.9 Å². The third kappa shape index (κ3) is 2.59. The Morgan fingerprint density at radius 1 is 1.37 bits per heavy atom. The van der Waals surface area contributed by atoms with Gasteiger partial charge >= 0.3 is 0 Å². The van der Waals surface area contributed by atoms with E-state index in [2.05, 4.69) is 15.5 Å². The molecule has 0 aliphatic rings. The van der Waals surface area contributed by atoms with Gasteiger partial charge in [-0.25, -0.2) is 0 Å². The summed E-state index contributed by atoms with van der Waals surface area (Å²) in [7, 11) is 0. The topological polar surface area (TPSA) is 101 Å². The minimum atomic E-state index is -0.530. The summed E-state index contributed by atoms with van der Waals surface area (Å²) in [6.07, 6.45) is 1.58. The summed E-state index contributed by atoms with van der Waals surface area (Å²) in [5, 5.41) is 19.8. The summed E-state index contributed by atoms with van der Waals surface area (Å²) in [5.74, 6) is 0.0736. The molecule has 0 spiro atoms. The van der Waals surface area contributed by atoms with E-state index in [0.29, 0.717) is 11.4 Å². The Hall–Kier alpha value is -2.70. The first kappa shape index (κ1) is 12.7. The van der Waals surface area contributed by atoms with Crippen molar-refractivity contribution >= 4 is 17.4 Å². The first-order valence-corrected chi connectivity index (χ1v) is 5.55. The van der Waals surface area contributed by atoms with Crippen LogP contribution in [0, 0.1) is 24.0 Å². The third-order valence-corrected chi connectivity index (χ3v) is 2.74. The summed E-state index contributed by atoms with van der Waals surface area (Å²) < 4.78 is 0. The van der Waals surface area contributed by atoms with Gasteiger partial charge in [-0.2, -0.15) is 5.10 Å². The molecule has 0 atom stereocenters. The number of aryl methyl sites for hydroxylation is 2. The van der Waals surface area contributed by atoms with E-state index in [-0.39, 0.29) is 11.3 Å². The van der Waals surface area contributed by atoms with E-state index in [4.69, 9.17) is 0 Å². The number of non-ortho nitro benzene ring substituents is 1. The molecule has 0 saturated heterocycles. The lowest BCUT2D eigenvalue weighted by molar-refractivity contribution is -0.384. The van der Waals surface area contributed by atoms with Crippen LogP contribution >= 0.6 is 0 Å². The Bertz CT molecular complexity index is 648. The van der Waals surface area contributed by atoms with Gasteiger partial charge in [-0.05, 0) is 19.4 Å². The van der Waals surface area contributed by atoms with Crippen molar-refractivity contribution in [3.8, 4) is 0 Å². The number of amides is 1. The van der Waals surface area contributed by atoms with Gasteiger partial charge in [-0.3, -0.25) is 20.0 Å². The standard InChI is InChI=1S/C12H12N4O3/c1-7-3-4-9(16(18)19)5-10(7)12(17)14-11-8(2)6-13-15-11/h3-6H,1-2H3,(H2,13,14,15,17). The third-order valence-electron chi connectivity index (χ3n) is 2.74. The molecule has 0 radical (unpaired) electrons. The lowest BCUT2D eigenvalue weighted by atomic mass is 10.1. The number of nitrogens with zero attached hydrogens (tertiary/aromatic N) is 2. The molecule has 0 aliphatic carbocycles. The SMILES string of the molecule is Cc1ccc([N+](=O)[O-])cc1C(=O)Nc1[nH]ncc1C. The molecule has 1 heterocycles. The van der Waals surface area contributed by atoms with Crippen molar-refractivity contribution in [1.29, 1.82) is 0 Å². The van der Waals surface area contributed by atoms with Crippen LogP contribution < -0.4 is 5.32 Å². The number of benzene rings is 1. The zero-order chi connectivity index (χ0) is 14.0. The zero-order valence-electron chi connectivity index (χ0n) is 10.4. The quantitative estimate of drug-likeness (QED) is 0.652. The van der Waals surface area contributed by atoms with Gasteiger partial charge in [0.25, 0.3) is 11.6 Å². The number of aromatic nitrogens is 2. The number of carbonyl (C=O) groups excluding carboxylic acids is 1. The van der Waals surface area contributed by atoms with Crippen LogP contribution in [0.1, 0.15) is 21.5 Å². The molecule has 98 valence electrons. The lowest BCUT2D eigenvalue weighted by Gasteiger charge is -2.06. The first-order valence-electron chi connectivity index (χ1n) is 5.55. The van der Waals surface area contributed by atoms with Crippen molar-refractivity contribution in [3.63, 3.8) is 0 Å². The van der Waals surface area contributed by atoms with Crippen LogP contribution in [0.15, 0.2) is 24.4 Å². The molecule has 7 nitrogen and oxygen atoms in total. The summed E-state index contributed by atoms with van der Waals surface area (Å²) in [6, 6.07) is 4.18. The molecule has 1 aromatic heterocycles. The smallest absolute Gasteiger partial charge is 0.270 e. The van der Waals surface area contributed by atoms with Crippen LogP contribution in [0.25, 0.3) is 0 Å². The van der Waals surface area contributed by atoms with Crippen LogP contribution in [0.2, 0.25) is 0 Å². The zero-order valence-corrected chi connectivity index (χ0v) is 10.4. The maximum atomic E-state index is 12.1. The number of nitrogens with one attached hydrogen (secondary N) is 2. The fraction of sp³-hybridized carbons (Fsp3) is 0.167. The van der Waals surface area contributed by atoms with E-state index in [1.165, 1.54) is 12.1 Å². The Balaban J connectivity index is 2.31. The number of rotatable bonds is 3. The first-order chi connectivity index (χ1) is 8.99. The highest BCUT2D eigenvalue weighted by atomic mass is 16.6. The largest absolute Gasteiger partial charge is 0.307 e. The van der Waals surface area contributed by atoms with Crippen molar-refractivity contribution in [2.75, 3.05) is 5.32 Å². The molecule has 0 saturated carbocycles. The number of hydrogen-bond donors (Lipinski definition) is 2. The van der Waals surface area contributed by atoms with Gasteiger partial charge in [0, 0.05) is 23.3 Å². The number of H-pyrrole nitrogens is 1. The monoisotopic (exact) mass is 260 g/mol. The fourth-order valence-corrected chi connectivity index (χ4v) is 1.62. The molecule has 2 N–H and O–H groups in total. The molecular weight excluding hydrogens is 248 g/mol. The Morgan fingerprint density at radius 3 is 2.68 bits per heavy atom. The summed E-state index contributed by atoms with van der Waals surface area (Å²) in [5.41, 5.74) is 1.61. The number of anilines is 1. The van der Waals surface area contributed by atoms with Crippen LogP contribution in [-0.4, -0.2) is 21.0 Å². The molecule has 0 unspecified atom stereocenters. The van der Waals surface area contributed by atoms with Gasteiger partial charge in [0.1, 0.15) is 5.82 Å². The van der Waals surface area contributed by atoms with E-state index in [1.54, 1.807) is 26.1 Å². The van der Waals surface area contributed by atoms with Gasteiger partial charge in [-0.15, -0.1) is 0 Å². The van der Waals surface area contributed by atoms with E-state index < -0.39 is 10.8 Å². The van der Waals surface area contributed by atoms with E-state index in [0.717, 1.165) is 5.56 Å². The van der Waals surface area contributed by atoms with Gasteiger partial charge in [0.2, 0.25) is 0 Å². The molecule has 2 rings (SSSR count). The number of carbonyl (C=O) groups is 1. The second-order valence-corrected chi connectivity index (χ2v) is 4.14. The van der Waals surface area contributed by atoms with Gasteiger partial charge in [0.15, 0.2) is 0 Å². The predicted molar refractivity (Wildman–Crippen MR) is 69.1 cm³/mol. The lowest BCUT2D eigenvalue weighted by Crippen LogP contribution is -2.14. The van der Waals surface area contributed by atoms with Crippen molar-refractivity contribution < 1.29 is 9.72 Å². The number of nitro groups is 1. The Labute approximate surface area is 108 Å². The van der Waals surface area contributed by atoms with Crippen molar-refractivity contribution in [1.82, 2.24) is 10.2 Å². The summed E-state index contributed by atoms with van der Waals surface area (Å²) in [6.45, 7) is 3.51. The van der Waals surface area contributed by atoms with E-state index >= 15 is 0 Å². The van der Waals surface area contributed by atoms with Crippen molar-refractivity contribution in [2.24, 2.45) is 0 Å². The van der Waals surface area contributed by atoms with Crippen LogP contribution in [0.5, 0.6) is 0 Å². The average molecular weight is 260 g/mol. The molecule has 0 fully saturated rings. The molecule has 19 heavy (non-hydrogen) atoms. The molecule has 0 bridgehead atoms. The second-order valence-electron chi connectivity index (χ2n) is 4.14. The number of nitro benzene ring substituents is 1. The predicted octanol–water partition coefficient (Wildman–Crippen LogP) is 2.19. The molecule has 7 heteroatoms. The summed E-state index contributed by atoms with van der Waals surface area (Å²) >= 11 is 0. The van der Waals surface area contributed by atoms with Crippen LogP contribution in [0.3, 0.4) is 0 Å². The Kier molecular flexibility index (Phi) is 3.28. The highest BCUT2D eigenvalue weighted by molar-refractivity contribution is 6.05. The number of hydrogen-bond acceptors (Lipinski definition) is 4. The van der Waals surface area contributed by atoms with Crippen molar-refractivity contribution in [2.45, 2.75) is 13.8 Å². The maximum Gasteiger partial charge on any atom is 0.270 e. The van der Waals surface area contributed by atoms with Crippen LogP contribution in [-0.2, 0) is 0 Å². The highest BCUT2D eigenvalue weighted by Crippen LogP contribution is 2.19. The van der Waals surface area contributed by atoms with Crippen LogP contribution in [0.4, 0.5) is 11.5 Å². The average Bonchev–Trinajstić information content (AvgIpc) is 2.75. The molecule has 1 amide bonds. The second kappa shape index (κ2) is 4.89. The Morgan fingerprint density at radius 2 is 2.11 bits per heavy atom. The molecule has 2 aromatic rings. The summed E-state index contributed by atoms with van der Waals surface area (Å²) in [4.78, 5) is 22.3. The number of aromatic amines is 1. The highest BCUT2D eigenvalue weighted by Gasteiger charge is 2.15. The minimum absolute atomic E-state index is 0.114. The fourth-order valence-electron chi connectivity index (χ4n) is 1.62. The van der Waals surface area contributed by atoms with Gasteiger partial charge in [-0.1, -0.05) is 6.07 Å². The maximum absolute atomic E-state index is 12.1. The van der Waals surface area contributed by atoms with Crippen molar-refractivity contribution in [3.05, 3.63) is 51.2 Å². The minimum Gasteiger partial charge on any atom is -0.307 e. The van der Waals surface area contributed by atoms with E-state index in [1.807, 2.05) is 0 Å². The van der Waals surface area contributed by atoms with Gasteiger partial charge in [0.05, 0.1) is 11.1 Å². The molecular formula is C12H12N4O3. The normalized spacial score (nSPS) is 10.2.